The molecule has 1 saturated heterocycles. The normalized spacial score (nSPS) is 16.6. The summed E-state index contributed by atoms with van der Waals surface area (Å²) in [6.07, 6.45) is 4.25. The van der Waals surface area contributed by atoms with E-state index in [1.165, 1.54) is 0 Å². The third-order valence-electron chi connectivity index (χ3n) is 5.33. The van der Waals surface area contributed by atoms with Crippen molar-refractivity contribution in [2.24, 2.45) is 0 Å². The second-order valence-corrected chi connectivity index (χ2v) is 7.73. The Labute approximate surface area is 175 Å². The third-order valence-corrected chi connectivity index (χ3v) is 5.59. The van der Waals surface area contributed by atoms with Crippen LogP contribution in [-0.2, 0) is 4.79 Å². The van der Waals surface area contributed by atoms with Crippen molar-refractivity contribution in [2.45, 2.75) is 25.2 Å². The van der Waals surface area contributed by atoms with E-state index in [4.69, 9.17) is 16.3 Å². The molecule has 1 atom stereocenters. The number of ether oxygens (including phenoxy) is 1. The van der Waals surface area contributed by atoms with Crippen LogP contribution >= 0.6 is 11.6 Å². The van der Waals surface area contributed by atoms with Gasteiger partial charge in [-0.15, -0.1) is 0 Å². The highest BCUT2D eigenvalue weighted by Crippen LogP contribution is 2.33. The molecule has 0 spiro atoms. The Hall–Kier alpha value is -2.79. The molecule has 0 aliphatic carbocycles. The highest BCUT2D eigenvalue weighted by molar-refractivity contribution is 6.30. The van der Waals surface area contributed by atoms with Gasteiger partial charge < -0.3 is 9.64 Å². The smallest absolute Gasteiger partial charge is 0.226 e. The van der Waals surface area contributed by atoms with Crippen LogP contribution < -0.4 is 4.74 Å². The summed E-state index contributed by atoms with van der Waals surface area (Å²) >= 11 is 6.02. The van der Waals surface area contributed by atoms with Gasteiger partial charge in [-0.05, 0) is 42.7 Å². The van der Waals surface area contributed by atoms with Crippen LogP contribution in [0.2, 0.25) is 5.02 Å². The second-order valence-electron chi connectivity index (χ2n) is 7.29. The topological polar surface area (TPSA) is 58.2 Å². The molecule has 1 N–H and O–H groups in total. The molecule has 0 saturated carbocycles. The van der Waals surface area contributed by atoms with Gasteiger partial charge in [0.1, 0.15) is 5.75 Å². The highest BCUT2D eigenvalue weighted by Gasteiger charge is 2.27. The van der Waals surface area contributed by atoms with Gasteiger partial charge in [-0.1, -0.05) is 41.9 Å². The number of carbonyl (C=O) groups excluding carboxylic acids is 1. The number of halogens is 1. The van der Waals surface area contributed by atoms with Crippen molar-refractivity contribution in [1.82, 2.24) is 15.1 Å². The predicted octanol–water partition coefficient (Wildman–Crippen LogP) is 4.91. The number of hydrogen-bond donors (Lipinski definition) is 1. The summed E-state index contributed by atoms with van der Waals surface area (Å²) in [5.41, 5.74) is 3.25. The number of hydrogen-bond acceptors (Lipinski definition) is 3. The summed E-state index contributed by atoms with van der Waals surface area (Å²) in [6.45, 7) is 1.89. The lowest BCUT2D eigenvalue weighted by atomic mass is 9.90. The fraction of sp³-hybridized carbons (Fsp3) is 0.304. The van der Waals surface area contributed by atoms with E-state index in [1.807, 2.05) is 65.7 Å². The van der Waals surface area contributed by atoms with Crippen molar-refractivity contribution in [3.63, 3.8) is 0 Å². The molecule has 0 radical (unpaired) electrons. The molecule has 1 amide bonds. The largest absolute Gasteiger partial charge is 0.493 e. The first-order chi connectivity index (χ1) is 14.2. The number of H-pyrrole nitrogens is 1. The summed E-state index contributed by atoms with van der Waals surface area (Å²) in [6, 6.07) is 17.4. The molecular formula is C23H24ClN3O2. The van der Waals surface area contributed by atoms with Crippen LogP contribution in [0, 0.1) is 0 Å². The van der Waals surface area contributed by atoms with E-state index in [1.54, 1.807) is 0 Å². The molecule has 0 unspecified atom stereocenters. The van der Waals surface area contributed by atoms with Crippen LogP contribution in [-0.4, -0.2) is 40.7 Å². The molecule has 3 aromatic rings. The summed E-state index contributed by atoms with van der Waals surface area (Å²) in [4.78, 5) is 14.7. The fourth-order valence-corrected chi connectivity index (χ4v) is 3.96. The fourth-order valence-electron chi connectivity index (χ4n) is 3.84. The molecule has 0 bridgehead atoms. The molecule has 6 heteroatoms. The lowest BCUT2D eigenvalue weighted by Crippen LogP contribution is -2.39. The Morgan fingerprint density at radius 3 is 2.76 bits per heavy atom. The number of nitrogens with one attached hydrogen (secondary N) is 1. The molecule has 1 aliphatic rings. The Bertz CT molecular complexity index is 940. The van der Waals surface area contributed by atoms with Gasteiger partial charge in [0.15, 0.2) is 0 Å². The van der Waals surface area contributed by atoms with Gasteiger partial charge in [0.05, 0.1) is 19.2 Å². The van der Waals surface area contributed by atoms with Crippen molar-refractivity contribution >= 4 is 17.5 Å². The Kier molecular flexibility index (Phi) is 6.15. The van der Waals surface area contributed by atoms with Crippen LogP contribution in [0.25, 0.3) is 11.1 Å². The number of aromatic nitrogens is 2. The number of benzene rings is 2. The first-order valence-corrected chi connectivity index (χ1v) is 10.3. The molecule has 5 nitrogen and oxygen atoms in total. The average Bonchev–Trinajstić information content (AvgIpc) is 3.25. The number of carbonyl (C=O) groups is 1. The van der Waals surface area contributed by atoms with E-state index in [0.29, 0.717) is 24.6 Å². The zero-order chi connectivity index (χ0) is 20.1. The molecule has 2 heterocycles. The lowest BCUT2D eigenvalue weighted by molar-refractivity contribution is -0.132. The molecule has 4 rings (SSSR count). The Morgan fingerprint density at radius 2 is 1.97 bits per heavy atom. The third kappa shape index (κ3) is 4.80. The van der Waals surface area contributed by atoms with Gasteiger partial charge in [-0.3, -0.25) is 9.89 Å². The first kappa shape index (κ1) is 19.5. The van der Waals surface area contributed by atoms with Crippen LogP contribution in [0.1, 0.15) is 30.9 Å². The van der Waals surface area contributed by atoms with Gasteiger partial charge in [-0.2, -0.15) is 5.10 Å². The van der Waals surface area contributed by atoms with E-state index in [2.05, 4.69) is 10.2 Å². The standard InChI is InChI=1S/C23H24ClN3O2/c24-19-10-8-17(9-11-19)21-15-25-26-23(21)18-5-4-13-27(16-18)22(28)12-14-29-20-6-2-1-3-7-20/h1-3,6-11,15,18H,4-5,12-14,16H2,(H,25,26)/t18-/m1/s1. The van der Waals surface area contributed by atoms with Crippen molar-refractivity contribution in [3.8, 4) is 16.9 Å². The number of amides is 1. The quantitative estimate of drug-likeness (QED) is 0.629. The number of para-hydroxylation sites is 1. The summed E-state index contributed by atoms with van der Waals surface area (Å²) in [5.74, 6) is 1.18. The maximum Gasteiger partial charge on any atom is 0.226 e. The first-order valence-electron chi connectivity index (χ1n) is 9.95. The minimum absolute atomic E-state index is 0.137. The minimum Gasteiger partial charge on any atom is -0.493 e. The van der Waals surface area contributed by atoms with Gasteiger partial charge >= 0.3 is 0 Å². The maximum absolute atomic E-state index is 12.7. The molecule has 1 aromatic heterocycles. The summed E-state index contributed by atoms with van der Waals surface area (Å²) in [5, 5.41) is 8.15. The van der Waals surface area contributed by atoms with E-state index < -0.39 is 0 Å². The Morgan fingerprint density at radius 1 is 1.17 bits per heavy atom. The molecule has 150 valence electrons. The SMILES string of the molecule is O=C(CCOc1ccccc1)N1CCC[C@@H](c2[nH]ncc2-c2ccc(Cl)cc2)C1. The van der Waals surface area contributed by atoms with E-state index in [-0.39, 0.29) is 11.8 Å². The van der Waals surface area contributed by atoms with Gasteiger partial charge in [-0.25, -0.2) is 0 Å². The van der Waals surface area contributed by atoms with E-state index in [9.17, 15) is 4.79 Å². The molecule has 2 aromatic carbocycles. The average molecular weight is 410 g/mol. The number of piperidine rings is 1. The van der Waals surface area contributed by atoms with Crippen LogP contribution in [0.15, 0.2) is 60.8 Å². The van der Waals surface area contributed by atoms with E-state index >= 15 is 0 Å². The molecular weight excluding hydrogens is 386 g/mol. The van der Waals surface area contributed by atoms with E-state index in [0.717, 1.165) is 42.0 Å². The van der Waals surface area contributed by atoms with Gasteiger partial charge in [0.25, 0.3) is 0 Å². The Balaban J connectivity index is 1.38. The second kappa shape index (κ2) is 9.14. The van der Waals surface area contributed by atoms with Crippen molar-refractivity contribution in [3.05, 3.63) is 71.5 Å². The summed E-state index contributed by atoms with van der Waals surface area (Å²) in [7, 11) is 0. The number of aromatic amines is 1. The van der Waals surface area contributed by atoms with Crippen molar-refractivity contribution in [1.29, 1.82) is 0 Å². The van der Waals surface area contributed by atoms with Crippen LogP contribution in [0.4, 0.5) is 0 Å². The molecule has 29 heavy (non-hydrogen) atoms. The zero-order valence-corrected chi connectivity index (χ0v) is 16.9. The predicted molar refractivity (Wildman–Crippen MR) is 114 cm³/mol. The van der Waals surface area contributed by atoms with Crippen LogP contribution in [0.5, 0.6) is 5.75 Å². The number of likely N-dealkylation sites (tertiary alicyclic amines) is 1. The lowest BCUT2D eigenvalue weighted by Gasteiger charge is -2.33. The molecule has 1 aliphatic heterocycles. The number of nitrogens with zero attached hydrogens (tertiary/aromatic N) is 2. The van der Waals surface area contributed by atoms with Crippen molar-refractivity contribution < 1.29 is 9.53 Å². The van der Waals surface area contributed by atoms with Crippen LogP contribution in [0.3, 0.4) is 0 Å². The van der Waals surface area contributed by atoms with Gasteiger partial charge in [0.2, 0.25) is 5.91 Å². The van der Waals surface area contributed by atoms with Gasteiger partial charge in [0, 0.05) is 35.3 Å². The summed E-state index contributed by atoms with van der Waals surface area (Å²) < 4.78 is 5.68. The van der Waals surface area contributed by atoms with Crippen molar-refractivity contribution in [2.75, 3.05) is 19.7 Å². The monoisotopic (exact) mass is 409 g/mol. The number of rotatable bonds is 6. The highest BCUT2D eigenvalue weighted by atomic mass is 35.5. The maximum atomic E-state index is 12.7. The zero-order valence-electron chi connectivity index (χ0n) is 16.2. The molecule has 1 fully saturated rings. The minimum atomic E-state index is 0.137.